The van der Waals surface area contributed by atoms with E-state index in [4.69, 9.17) is 4.74 Å². The van der Waals surface area contributed by atoms with E-state index in [-0.39, 0.29) is 18.2 Å². The molecule has 2 amide bonds. The summed E-state index contributed by atoms with van der Waals surface area (Å²) in [5.74, 6) is -0.870. The van der Waals surface area contributed by atoms with Crippen LogP contribution >= 0.6 is 0 Å². The van der Waals surface area contributed by atoms with E-state index >= 15 is 0 Å². The highest BCUT2D eigenvalue weighted by atomic mass is 19.1. The largest absolute Gasteiger partial charge is 0.427 e. The first-order valence-corrected chi connectivity index (χ1v) is 9.03. The van der Waals surface area contributed by atoms with Gasteiger partial charge in [0.2, 0.25) is 5.91 Å². The van der Waals surface area contributed by atoms with Crippen LogP contribution in [0.25, 0.3) is 0 Å². The molecule has 1 saturated heterocycles. The molecule has 0 aromatic heterocycles. The van der Waals surface area contributed by atoms with E-state index in [0.717, 1.165) is 0 Å². The number of piperazine rings is 1. The quantitative estimate of drug-likeness (QED) is 0.599. The molecule has 0 aliphatic carbocycles. The van der Waals surface area contributed by atoms with E-state index in [9.17, 15) is 18.8 Å². The van der Waals surface area contributed by atoms with Crippen molar-refractivity contribution in [2.45, 2.75) is 13.3 Å². The smallest absolute Gasteiger partial charge is 0.308 e. The third-order valence-corrected chi connectivity index (χ3v) is 4.56. The summed E-state index contributed by atoms with van der Waals surface area (Å²) in [7, 11) is 0. The Balaban J connectivity index is 1.57. The highest BCUT2D eigenvalue weighted by Gasteiger charge is 2.25. The Hall–Kier alpha value is -3.22. The molecule has 0 spiro atoms. The van der Waals surface area contributed by atoms with Gasteiger partial charge in [-0.05, 0) is 29.8 Å². The molecule has 1 fully saturated rings. The van der Waals surface area contributed by atoms with Crippen molar-refractivity contribution in [3.05, 3.63) is 65.5 Å². The fraction of sp³-hybridized carbons (Fsp3) is 0.286. The maximum atomic E-state index is 13.7. The van der Waals surface area contributed by atoms with Crippen LogP contribution in [0.15, 0.2) is 48.5 Å². The summed E-state index contributed by atoms with van der Waals surface area (Å²) < 4.78 is 18.7. The molecular formula is C21H21FN2O4. The second kappa shape index (κ2) is 8.65. The Labute approximate surface area is 162 Å². The molecule has 3 rings (SSSR count). The van der Waals surface area contributed by atoms with Crippen LogP contribution in [-0.2, 0) is 16.0 Å². The van der Waals surface area contributed by atoms with Crippen LogP contribution in [0.4, 0.5) is 4.39 Å². The van der Waals surface area contributed by atoms with Gasteiger partial charge in [0.1, 0.15) is 11.6 Å². The van der Waals surface area contributed by atoms with Gasteiger partial charge in [0.15, 0.2) is 0 Å². The SMILES string of the molecule is CC(=O)Oc1cccc(C(=O)N2CCN(C(=O)Cc3ccccc3F)CC2)c1. The number of nitrogens with zero attached hydrogens (tertiary/aromatic N) is 2. The molecule has 2 aromatic rings. The van der Waals surface area contributed by atoms with Crippen molar-refractivity contribution in [2.24, 2.45) is 0 Å². The van der Waals surface area contributed by atoms with Crippen molar-refractivity contribution in [1.82, 2.24) is 9.80 Å². The lowest BCUT2D eigenvalue weighted by Crippen LogP contribution is -2.51. The molecule has 0 atom stereocenters. The molecule has 0 unspecified atom stereocenters. The lowest BCUT2D eigenvalue weighted by Gasteiger charge is -2.35. The minimum absolute atomic E-state index is 0.00501. The zero-order chi connectivity index (χ0) is 20.1. The van der Waals surface area contributed by atoms with Crippen LogP contribution in [-0.4, -0.2) is 53.8 Å². The number of carbonyl (C=O) groups is 3. The van der Waals surface area contributed by atoms with Crippen molar-refractivity contribution >= 4 is 17.8 Å². The van der Waals surface area contributed by atoms with Crippen molar-refractivity contribution in [3.63, 3.8) is 0 Å². The fourth-order valence-electron chi connectivity index (χ4n) is 3.12. The van der Waals surface area contributed by atoms with Gasteiger partial charge in [-0.2, -0.15) is 0 Å². The van der Waals surface area contributed by atoms with Gasteiger partial charge >= 0.3 is 5.97 Å². The van der Waals surface area contributed by atoms with Gasteiger partial charge < -0.3 is 14.5 Å². The molecule has 6 nitrogen and oxygen atoms in total. The summed E-state index contributed by atoms with van der Waals surface area (Å²) in [4.78, 5) is 39.5. The summed E-state index contributed by atoms with van der Waals surface area (Å²) in [5.41, 5.74) is 0.790. The zero-order valence-electron chi connectivity index (χ0n) is 15.6. The van der Waals surface area contributed by atoms with Gasteiger partial charge in [0, 0.05) is 38.7 Å². The number of rotatable bonds is 4. The Morgan fingerprint density at radius 1 is 0.964 bits per heavy atom. The Morgan fingerprint density at radius 2 is 1.64 bits per heavy atom. The maximum absolute atomic E-state index is 13.7. The molecule has 28 heavy (non-hydrogen) atoms. The second-order valence-corrected chi connectivity index (χ2v) is 6.56. The summed E-state index contributed by atoms with van der Waals surface area (Å²) in [6, 6.07) is 12.7. The minimum atomic E-state index is -0.452. The molecule has 7 heteroatoms. The summed E-state index contributed by atoms with van der Waals surface area (Å²) in [6.07, 6.45) is 0.00501. The number of halogens is 1. The summed E-state index contributed by atoms with van der Waals surface area (Å²) >= 11 is 0. The van der Waals surface area contributed by atoms with Crippen molar-refractivity contribution in [1.29, 1.82) is 0 Å². The molecular weight excluding hydrogens is 363 g/mol. The first kappa shape index (κ1) is 19.5. The van der Waals surface area contributed by atoms with Gasteiger partial charge in [0.05, 0.1) is 6.42 Å². The van der Waals surface area contributed by atoms with E-state index in [1.165, 1.54) is 19.1 Å². The monoisotopic (exact) mass is 384 g/mol. The highest BCUT2D eigenvalue weighted by Crippen LogP contribution is 2.17. The molecule has 0 radical (unpaired) electrons. The number of ether oxygens (including phenoxy) is 1. The molecule has 1 aliphatic heterocycles. The molecule has 2 aromatic carbocycles. The van der Waals surface area contributed by atoms with E-state index in [1.807, 2.05) is 0 Å². The van der Waals surface area contributed by atoms with Crippen molar-refractivity contribution in [2.75, 3.05) is 26.2 Å². The average Bonchev–Trinajstić information content (AvgIpc) is 2.69. The summed E-state index contributed by atoms with van der Waals surface area (Å²) in [5, 5.41) is 0. The van der Waals surface area contributed by atoms with Gasteiger partial charge in [0.25, 0.3) is 5.91 Å². The Kier molecular flexibility index (Phi) is 6.03. The van der Waals surface area contributed by atoms with Crippen molar-refractivity contribution in [3.8, 4) is 5.75 Å². The molecule has 0 bridgehead atoms. The van der Waals surface area contributed by atoms with Crippen LogP contribution in [0.2, 0.25) is 0 Å². The third kappa shape index (κ3) is 4.73. The van der Waals surface area contributed by atoms with E-state index in [1.54, 1.807) is 46.2 Å². The predicted molar refractivity (Wildman–Crippen MR) is 100 cm³/mol. The minimum Gasteiger partial charge on any atom is -0.427 e. The highest BCUT2D eigenvalue weighted by molar-refractivity contribution is 5.95. The Bertz CT molecular complexity index is 891. The van der Waals surface area contributed by atoms with Crippen LogP contribution in [0, 0.1) is 5.82 Å². The van der Waals surface area contributed by atoms with Gasteiger partial charge in [-0.3, -0.25) is 14.4 Å². The molecule has 0 N–H and O–H groups in total. The average molecular weight is 384 g/mol. The number of esters is 1. The first-order chi connectivity index (χ1) is 13.4. The van der Waals surface area contributed by atoms with Crippen LogP contribution in [0.1, 0.15) is 22.8 Å². The molecule has 1 heterocycles. The van der Waals surface area contributed by atoms with Gasteiger partial charge in [-0.1, -0.05) is 24.3 Å². The molecule has 146 valence electrons. The number of carbonyl (C=O) groups excluding carboxylic acids is 3. The Morgan fingerprint density at radius 3 is 2.32 bits per heavy atom. The lowest BCUT2D eigenvalue weighted by molar-refractivity contribution is -0.132. The van der Waals surface area contributed by atoms with Crippen LogP contribution in [0.3, 0.4) is 0 Å². The van der Waals surface area contributed by atoms with E-state index in [0.29, 0.717) is 43.1 Å². The van der Waals surface area contributed by atoms with Crippen LogP contribution in [0.5, 0.6) is 5.75 Å². The predicted octanol–water partition coefficient (Wildman–Crippen LogP) is 2.28. The van der Waals surface area contributed by atoms with E-state index in [2.05, 4.69) is 0 Å². The number of hydrogen-bond acceptors (Lipinski definition) is 4. The molecule has 0 saturated carbocycles. The number of amides is 2. The topological polar surface area (TPSA) is 66.9 Å². The normalized spacial score (nSPS) is 13.9. The number of hydrogen-bond donors (Lipinski definition) is 0. The zero-order valence-corrected chi connectivity index (χ0v) is 15.6. The van der Waals surface area contributed by atoms with Crippen molar-refractivity contribution < 1.29 is 23.5 Å². The summed E-state index contributed by atoms with van der Waals surface area (Å²) in [6.45, 7) is 2.86. The number of benzene rings is 2. The standard InChI is InChI=1S/C21H21FN2O4/c1-15(25)28-18-7-4-6-17(13-18)21(27)24-11-9-23(10-12-24)20(26)14-16-5-2-3-8-19(16)22/h2-8,13H,9-12,14H2,1H3. The fourth-order valence-corrected chi connectivity index (χ4v) is 3.12. The van der Waals surface area contributed by atoms with Gasteiger partial charge in [-0.25, -0.2) is 4.39 Å². The van der Waals surface area contributed by atoms with Crippen LogP contribution < -0.4 is 4.74 Å². The van der Waals surface area contributed by atoms with E-state index < -0.39 is 11.8 Å². The maximum Gasteiger partial charge on any atom is 0.308 e. The van der Waals surface area contributed by atoms with Gasteiger partial charge in [-0.15, -0.1) is 0 Å². The third-order valence-electron chi connectivity index (χ3n) is 4.56. The first-order valence-electron chi connectivity index (χ1n) is 9.03. The molecule has 1 aliphatic rings. The second-order valence-electron chi connectivity index (χ2n) is 6.56. The lowest BCUT2D eigenvalue weighted by atomic mass is 10.1.